The highest BCUT2D eigenvalue weighted by molar-refractivity contribution is 5.43. The van der Waals surface area contributed by atoms with E-state index in [-0.39, 0.29) is 0 Å². The molecule has 0 saturated heterocycles. The van der Waals surface area contributed by atoms with Gasteiger partial charge in [-0.3, -0.25) is 0 Å². The van der Waals surface area contributed by atoms with E-state index >= 15 is 0 Å². The Labute approximate surface area is 95.0 Å². The summed E-state index contributed by atoms with van der Waals surface area (Å²) >= 11 is 0. The summed E-state index contributed by atoms with van der Waals surface area (Å²) in [6.45, 7) is 0. The summed E-state index contributed by atoms with van der Waals surface area (Å²) in [6.07, 6.45) is 0.768. The minimum Gasteiger partial charge on any atom is -0.399 e. The van der Waals surface area contributed by atoms with E-state index in [0.29, 0.717) is 0 Å². The molecule has 0 bridgehead atoms. The van der Waals surface area contributed by atoms with E-state index in [1.54, 1.807) is 0 Å². The van der Waals surface area contributed by atoms with Crippen molar-refractivity contribution in [1.29, 1.82) is 5.26 Å². The average molecular weight is 208 g/mol. The molecule has 2 N–H and O–H groups in total. The number of anilines is 1. The molecule has 0 radical (unpaired) electrons. The molecule has 0 aliphatic carbocycles. The van der Waals surface area contributed by atoms with Gasteiger partial charge < -0.3 is 5.73 Å². The first-order valence-corrected chi connectivity index (χ1v) is 5.12. The van der Waals surface area contributed by atoms with Crippen molar-refractivity contribution in [2.24, 2.45) is 0 Å². The molecule has 2 nitrogen and oxygen atoms in total. The second-order valence-electron chi connectivity index (χ2n) is 3.69. The first kappa shape index (κ1) is 10.3. The van der Waals surface area contributed by atoms with Crippen LogP contribution in [0, 0.1) is 11.3 Å². The van der Waals surface area contributed by atoms with Gasteiger partial charge in [-0.2, -0.15) is 5.26 Å². The molecule has 2 aromatic rings. The fourth-order valence-corrected chi connectivity index (χ4v) is 1.64. The molecule has 2 heteroatoms. The largest absolute Gasteiger partial charge is 0.399 e. The van der Waals surface area contributed by atoms with Gasteiger partial charge in [-0.15, -0.1) is 0 Å². The van der Waals surface area contributed by atoms with Crippen LogP contribution in [0.25, 0.3) is 0 Å². The van der Waals surface area contributed by atoms with Crippen molar-refractivity contribution < 1.29 is 0 Å². The third kappa shape index (κ3) is 2.21. The fraction of sp³-hybridized carbons (Fsp3) is 0.0714. The first-order valence-electron chi connectivity index (χ1n) is 5.12. The van der Waals surface area contributed by atoms with Crippen LogP contribution >= 0.6 is 0 Å². The molecule has 2 aromatic carbocycles. The molecule has 78 valence electrons. The van der Waals surface area contributed by atoms with Gasteiger partial charge >= 0.3 is 0 Å². The van der Waals surface area contributed by atoms with Crippen molar-refractivity contribution in [2.45, 2.75) is 6.42 Å². The molecule has 2 rings (SSSR count). The van der Waals surface area contributed by atoms with Crippen LogP contribution in [0.15, 0.2) is 48.5 Å². The van der Waals surface area contributed by atoms with E-state index in [0.717, 1.165) is 28.8 Å². The van der Waals surface area contributed by atoms with Crippen molar-refractivity contribution in [3.05, 3.63) is 65.2 Å². The number of hydrogen-bond acceptors (Lipinski definition) is 2. The lowest BCUT2D eigenvalue weighted by molar-refractivity contribution is 1.18. The van der Waals surface area contributed by atoms with Crippen LogP contribution in [0.5, 0.6) is 0 Å². The van der Waals surface area contributed by atoms with E-state index in [1.165, 1.54) is 0 Å². The van der Waals surface area contributed by atoms with E-state index in [1.807, 2.05) is 48.5 Å². The molecule has 0 atom stereocenters. The maximum Gasteiger partial charge on any atom is 0.0994 e. The summed E-state index contributed by atoms with van der Waals surface area (Å²) in [5.41, 5.74) is 9.34. The highest BCUT2D eigenvalue weighted by Crippen LogP contribution is 2.14. The molecule has 0 aromatic heterocycles. The molecule has 0 spiro atoms. The van der Waals surface area contributed by atoms with Crippen LogP contribution in [-0.2, 0) is 6.42 Å². The zero-order valence-corrected chi connectivity index (χ0v) is 8.85. The van der Waals surface area contributed by atoms with E-state index in [4.69, 9.17) is 11.0 Å². The van der Waals surface area contributed by atoms with Gasteiger partial charge in [0.1, 0.15) is 0 Å². The van der Waals surface area contributed by atoms with Gasteiger partial charge in [0.25, 0.3) is 0 Å². The SMILES string of the molecule is N#Cc1ccccc1Cc1ccc(N)cc1. The molecular formula is C14H12N2. The van der Waals surface area contributed by atoms with Crippen molar-refractivity contribution in [3.63, 3.8) is 0 Å². The minimum atomic E-state index is 0.735. The lowest BCUT2D eigenvalue weighted by Crippen LogP contribution is -1.92. The Morgan fingerprint density at radius 2 is 1.69 bits per heavy atom. The lowest BCUT2D eigenvalue weighted by atomic mass is 10.0. The van der Waals surface area contributed by atoms with Crippen LogP contribution in [0.3, 0.4) is 0 Å². The van der Waals surface area contributed by atoms with Crippen LogP contribution in [0.1, 0.15) is 16.7 Å². The van der Waals surface area contributed by atoms with Gasteiger partial charge in [0, 0.05) is 5.69 Å². The number of nitrogens with two attached hydrogens (primary N) is 1. The molecule has 0 fully saturated rings. The number of hydrogen-bond donors (Lipinski definition) is 1. The zero-order chi connectivity index (χ0) is 11.4. The third-order valence-electron chi connectivity index (χ3n) is 2.51. The molecular weight excluding hydrogens is 196 g/mol. The number of nitrogens with zero attached hydrogens (tertiary/aromatic N) is 1. The van der Waals surface area contributed by atoms with Gasteiger partial charge in [-0.25, -0.2) is 0 Å². The van der Waals surface area contributed by atoms with Crippen molar-refractivity contribution in [1.82, 2.24) is 0 Å². The number of benzene rings is 2. The van der Waals surface area contributed by atoms with Gasteiger partial charge in [0.2, 0.25) is 0 Å². The molecule has 0 amide bonds. The summed E-state index contributed by atoms with van der Waals surface area (Å²) in [6, 6.07) is 17.6. The Bertz CT molecular complexity index is 521. The molecule has 0 saturated carbocycles. The van der Waals surface area contributed by atoms with Crippen molar-refractivity contribution in [3.8, 4) is 6.07 Å². The summed E-state index contributed by atoms with van der Waals surface area (Å²) in [5, 5.41) is 8.97. The molecule has 0 heterocycles. The summed E-state index contributed by atoms with van der Waals surface area (Å²) < 4.78 is 0. The smallest absolute Gasteiger partial charge is 0.0994 e. The maximum atomic E-state index is 8.97. The van der Waals surface area contributed by atoms with Crippen LogP contribution in [0.2, 0.25) is 0 Å². The second kappa shape index (κ2) is 4.50. The number of nitrogen functional groups attached to an aromatic ring is 1. The molecule has 0 aliphatic heterocycles. The van der Waals surface area contributed by atoms with Gasteiger partial charge in [-0.05, 0) is 35.7 Å². The van der Waals surface area contributed by atoms with E-state index < -0.39 is 0 Å². The maximum absolute atomic E-state index is 8.97. The highest BCUT2D eigenvalue weighted by Gasteiger charge is 2.01. The number of rotatable bonds is 2. The Balaban J connectivity index is 2.27. The minimum absolute atomic E-state index is 0.735. The Morgan fingerprint density at radius 3 is 2.38 bits per heavy atom. The Morgan fingerprint density at radius 1 is 1.00 bits per heavy atom. The quantitative estimate of drug-likeness (QED) is 0.771. The summed E-state index contributed by atoms with van der Waals surface area (Å²) in [4.78, 5) is 0. The van der Waals surface area contributed by atoms with E-state index in [2.05, 4.69) is 6.07 Å². The van der Waals surface area contributed by atoms with Gasteiger partial charge in [-0.1, -0.05) is 30.3 Å². The van der Waals surface area contributed by atoms with Crippen LogP contribution in [-0.4, -0.2) is 0 Å². The third-order valence-corrected chi connectivity index (χ3v) is 2.51. The predicted molar refractivity (Wildman–Crippen MR) is 64.8 cm³/mol. The molecule has 0 unspecified atom stereocenters. The molecule has 0 aliphatic rings. The average Bonchev–Trinajstić information content (AvgIpc) is 2.33. The van der Waals surface area contributed by atoms with Gasteiger partial charge in [0.15, 0.2) is 0 Å². The number of nitriles is 1. The first-order chi connectivity index (χ1) is 7.79. The zero-order valence-electron chi connectivity index (χ0n) is 8.85. The van der Waals surface area contributed by atoms with Crippen LogP contribution in [0.4, 0.5) is 5.69 Å². The summed E-state index contributed by atoms with van der Waals surface area (Å²) in [5.74, 6) is 0. The predicted octanol–water partition coefficient (Wildman–Crippen LogP) is 2.73. The lowest BCUT2D eigenvalue weighted by Gasteiger charge is -2.04. The van der Waals surface area contributed by atoms with Crippen LogP contribution < -0.4 is 5.73 Å². The monoisotopic (exact) mass is 208 g/mol. The Kier molecular flexibility index (Phi) is 2.88. The molecule has 16 heavy (non-hydrogen) atoms. The fourth-order valence-electron chi connectivity index (χ4n) is 1.64. The summed E-state index contributed by atoms with van der Waals surface area (Å²) in [7, 11) is 0. The van der Waals surface area contributed by atoms with Gasteiger partial charge in [0.05, 0.1) is 11.6 Å². The normalized spacial score (nSPS) is 9.69. The Hall–Kier alpha value is -2.27. The standard InChI is InChI=1S/C14H12N2/c15-10-13-4-2-1-3-12(13)9-11-5-7-14(16)8-6-11/h1-8H,9,16H2. The second-order valence-corrected chi connectivity index (χ2v) is 3.69. The highest BCUT2D eigenvalue weighted by atomic mass is 14.5. The topological polar surface area (TPSA) is 49.8 Å². The van der Waals surface area contributed by atoms with Crippen molar-refractivity contribution in [2.75, 3.05) is 5.73 Å². The van der Waals surface area contributed by atoms with Crippen molar-refractivity contribution >= 4 is 5.69 Å². The van der Waals surface area contributed by atoms with E-state index in [9.17, 15) is 0 Å².